The van der Waals surface area contributed by atoms with Crippen LogP contribution in [0, 0.1) is 12.7 Å². The van der Waals surface area contributed by atoms with Crippen molar-refractivity contribution in [1.82, 2.24) is 30.8 Å². The standard InChI is InChI=1S/C15H21FN6O/c1-10(17-3)9-18-15(23)14(22-11(2)19-20-21-22)8-12-5-4-6-13(16)7-12/h4-7,10,14,17H,8-9H2,1-3H3,(H,18,23). The molecule has 23 heavy (non-hydrogen) atoms. The van der Waals surface area contributed by atoms with Gasteiger partial charge in [-0.2, -0.15) is 0 Å². The molecule has 0 fully saturated rings. The minimum absolute atomic E-state index is 0.142. The molecule has 0 aliphatic carbocycles. The molecule has 1 heterocycles. The molecule has 0 spiro atoms. The largest absolute Gasteiger partial charge is 0.353 e. The second-order valence-corrected chi connectivity index (χ2v) is 5.46. The number of benzene rings is 1. The second kappa shape index (κ2) is 7.77. The van der Waals surface area contributed by atoms with Gasteiger partial charge in [0, 0.05) is 19.0 Å². The van der Waals surface area contributed by atoms with E-state index in [1.807, 2.05) is 14.0 Å². The van der Waals surface area contributed by atoms with Crippen LogP contribution in [0.3, 0.4) is 0 Å². The number of likely N-dealkylation sites (N-methyl/N-ethyl adjacent to an activating group) is 1. The van der Waals surface area contributed by atoms with E-state index in [2.05, 4.69) is 26.2 Å². The van der Waals surface area contributed by atoms with Gasteiger partial charge < -0.3 is 10.6 Å². The van der Waals surface area contributed by atoms with Gasteiger partial charge in [0.15, 0.2) is 0 Å². The molecular weight excluding hydrogens is 299 g/mol. The van der Waals surface area contributed by atoms with Crippen LogP contribution in [-0.4, -0.2) is 45.7 Å². The number of halogens is 1. The molecule has 1 amide bonds. The molecule has 0 radical (unpaired) electrons. The molecule has 2 atom stereocenters. The van der Waals surface area contributed by atoms with Gasteiger partial charge in [0.1, 0.15) is 17.7 Å². The highest BCUT2D eigenvalue weighted by atomic mass is 19.1. The first-order chi connectivity index (χ1) is 11.0. The number of aromatic nitrogens is 4. The summed E-state index contributed by atoms with van der Waals surface area (Å²) in [5.41, 5.74) is 0.710. The average molecular weight is 320 g/mol. The normalized spacial score (nSPS) is 13.6. The Morgan fingerprint density at radius 3 is 2.83 bits per heavy atom. The molecule has 1 aromatic heterocycles. The minimum atomic E-state index is -0.629. The van der Waals surface area contributed by atoms with Crippen molar-refractivity contribution in [2.24, 2.45) is 0 Å². The summed E-state index contributed by atoms with van der Waals surface area (Å²) in [5, 5.41) is 17.2. The van der Waals surface area contributed by atoms with Gasteiger partial charge in [-0.05, 0) is 49.0 Å². The molecule has 8 heteroatoms. The molecule has 0 bridgehead atoms. The van der Waals surface area contributed by atoms with Gasteiger partial charge in [-0.1, -0.05) is 12.1 Å². The Balaban J connectivity index is 2.18. The summed E-state index contributed by atoms with van der Waals surface area (Å²) in [7, 11) is 1.83. The third-order valence-electron chi connectivity index (χ3n) is 3.65. The Hall–Kier alpha value is -2.35. The highest BCUT2D eigenvalue weighted by Crippen LogP contribution is 2.16. The molecule has 124 valence electrons. The molecule has 2 unspecified atom stereocenters. The van der Waals surface area contributed by atoms with Gasteiger partial charge in [0.2, 0.25) is 5.91 Å². The smallest absolute Gasteiger partial charge is 0.245 e. The fourth-order valence-electron chi connectivity index (χ4n) is 2.18. The first-order valence-electron chi connectivity index (χ1n) is 7.45. The van der Waals surface area contributed by atoms with E-state index in [0.717, 1.165) is 0 Å². The number of rotatable bonds is 7. The van der Waals surface area contributed by atoms with Gasteiger partial charge in [-0.15, -0.1) is 5.10 Å². The highest BCUT2D eigenvalue weighted by molar-refractivity contribution is 5.80. The molecule has 0 saturated carbocycles. The number of amides is 1. The number of tetrazole rings is 1. The van der Waals surface area contributed by atoms with Gasteiger partial charge >= 0.3 is 0 Å². The fraction of sp³-hybridized carbons (Fsp3) is 0.467. The topological polar surface area (TPSA) is 84.7 Å². The van der Waals surface area contributed by atoms with Crippen LogP contribution in [0.2, 0.25) is 0 Å². The van der Waals surface area contributed by atoms with Gasteiger partial charge in [0.25, 0.3) is 0 Å². The van der Waals surface area contributed by atoms with E-state index in [9.17, 15) is 9.18 Å². The van der Waals surface area contributed by atoms with E-state index in [1.54, 1.807) is 19.1 Å². The maximum atomic E-state index is 13.4. The minimum Gasteiger partial charge on any atom is -0.353 e. The van der Waals surface area contributed by atoms with Crippen molar-refractivity contribution in [3.05, 3.63) is 41.5 Å². The summed E-state index contributed by atoms with van der Waals surface area (Å²) in [6.07, 6.45) is 0.309. The SMILES string of the molecule is CNC(C)CNC(=O)C(Cc1cccc(F)c1)n1nnnc1C. The van der Waals surface area contributed by atoms with E-state index in [1.165, 1.54) is 16.8 Å². The fourth-order valence-corrected chi connectivity index (χ4v) is 2.18. The van der Waals surface area contributed by atoms with Crippen LogP contribution in [0.15, 0.2) is 24.3 Å². The van der Waals surface area contributed by atoms with Crippen LogP contribution in [0.5, 0.6) is 0 Å². The zero-order valence-corrected chi connectivity index (χ0v) is 13.5. The molecule has 2 aromatic rings. The number of carbonyl (C=O) groups excluding carboxylic acids is 1. The van der Waals surface area contributed by atoms with Crippen molar-refractivity contribution in [3.8, 4) is 0 Å². The van der Waals surface area contributed by atoms with Crippen LogP contribution >= 0.6 is 0 Å². The zero-order valence-electron chi connectivity index (χ0n) is 13.5. The quantitative estimate of drug-likeness (QED) is 0.781. The molecular formula is C15H21FN6O. The van der Waals surface area contributed by atoms with Crippen molar-refractivity contribution in [2.75, 3.05) is 13.6 Å². The summed E-state index contributed by atoms with van der Waals surface area (Å²) in [4.78, 5) is 12.6. The number of hydrogen-bond acceptors (Lipinski definition) is 5. The number of nitrogens with zero attached hydrogens (tertiary/aromatic N) is 4. The Bertz CT molecular complexity index is 659. The van der Waals surface area contributed by atoms with Crippen molar-refractivity contribution >= 4 is 5.91 Å². The predicted molar refractivity (Wildman–Crippen MR) is 83.2 cm³/mol. The van der Waals surface area contributed by atoms with Crippen molar-refractivity contribution in [3.63, 3.8) is 0 Å². The molecule has 2 N–H and O–H groups in total. The molecule has 0 saturated heterocycles. The average Bonchev–Trinajstić information content (AvgIpc) is 2.95. The van der Waals surface area contributed by atoms with E-state index < -0.39 is 6.04 Å². The summed E-state index contributed by atoms with van der Waals surface area (Å²) in [5.74, 6) is -0.00567. The highest BCUT2D eigenvalue weighted by Gasteiger charge is 2.24. The number of hydrogen-bond donors (Lipinski definition) is 2. The number of nitrogens with one attached hydrogen (secondary N) is 2. The summed E-state index contributed by atoms with van der Waals surface area (Å²) in [6.45, 7) is 4.17. The lowest BCUT2D eigenvalue weighted by Crippen LogP contribution is -2.41. The Labute approximate surface area is 134 Å². The third kappa shape index (κ3) is 4.56. The zero-order chi connectivity index (χ0) is 16.8. The molecule has 7 nitrogen and oxygen atoms in total. The van der Waals surface area contributed by atoms with Crippen LogP contribution < -0.4 is 10.6 Å². The van der Waals surface area contributed by atoms with Crippen molar-refractivity contribution < 1.29 is 9.18 Å². The van der Waals surface area contributed by atoms with E-state index in [4.69, 9.17) is 0 Å². The Morgan fingerprint density at radius 1 is 1.43 bits per heavy atom. The van der Waals surface area contributed by atoms with Gasteiger partial charge in [-0.3, -0.25) is 4.79 Å². The Kier molecular flexibility index (Phi) is 5.75. The van der Waals surface area contributed by atoms with Crippen LogP contribution in [0.4, 0.5) is 4.39 Å². The summed E-state index contributed by atoms with van der Waals surface area (Å²) >= 11 is 0. The second-order valence-electron chi connectivity index (χ2n) is 5.46. The summed E-state index contributed by atoms with van der Waals surface area (Å²) < 4.78 is 14.8. The third-order valence-corrected chi connectivity index (χ3v) is 3.65. The first-order valence-corrected chi connectivity index (χ1v) is 7.45. The van der Waals surface area contributed by atoms with Crippen LogP contribution in [0.1, 0.15) is 24.4 Å². The monoisotopic (exact) mass is 320 g/mol. The van der Waals surface area contributed by atoms with Crippen LogP contribution in [-0.2, 0) is 11.2 Å². The molecule has 1 aromatic carbocycles. The maximum absolute atomic E-state index is 13.4. The van der Waals surface area contributed by atoms with E-state index >= 15 is 0 Å². The van der Waals surface area contributed by atoms with Gasteiger partial charge in [0.05, 0.1) is 0 Å². The number of carbonyl (C=O) groups is 1. The van der Waals surface area contributed by atoms with Gasteiger partial charge in [-0.25, -0.2) is 9.07 Å². The number of aryl methyl sites for hydroxylation is 1. The van der Waals surface area contributed by atoms with E-state index in [-0.39, 0.29) is 17.8 Å². The predicted octanol–water partition coefficient (Wildman–Crippen LogP) is 0.629. The first kappa shape index (κ1) is 17.0. The summed E-state index contributed by atoms with van der Waals surface area (Å²) in [6, 6.07) is 5.69. The van der Waals surface area contributed by atoms with Crippen molar-refractivity contribution in [2.45, 2.75) is 32.4 Å². The van der Waals surface area contributed by atoms with Crippen LogP contribution in [0.25, 0.3) is 0 Å². The van der Waals surface area contributed by atoms with Crippen molar-refractivity contribution in [1.29, 1.82) is 0 Å². The molecule has 2 rings (SSSR count). The molecule has 0 aliphatic heterocycles. The maximum Gasteiger partial charge on any atom is 0.245 e. The lowest BCUT2D eigenvalue weighted by molar-refractivity contribution is -0.124. The lowest BCUT2D eigenvalue weighted by atomic mass is 10.0. The lowest BCUT2D eigenvalue weighted by Gasteiger charge is -2.19. The molecule has 0 aliphatic rings. The Morgan fingerprint density at radius 2 is 2.22 bits per heavy atom. The van der Waals surface area contributed by atoms with E-state index in [0.29, 0.717) is 24.4 Å².